The van der Waals surface area contributed by atoms with Crippen LogP contribution < -0.4 is 0 Å². The highest BCUT2D eigenvalue weighted by Gasteiger charge is 2.18. The molecule has 1 aromatic rings. The standard InChI is InChI=1S/C10H3Br2N3/c1-5-6(2-13)9(11)8(4-15)10(12)7(5)3-14/h1H3. The molecule has 0 fully saturated rings. The van der Waals surface area contributed by atoms with E-state index in [1.807, 2.05) is 18.2 Å². The van der Waals surface area contributed by atoms with Gasteiger partial charge < -0.3 is 0 Å². The molecule has 0 aliphatic heterocycles. The van der Waals surface area contributed by atoms with Gasteiger partial charge in [0.1, 0.15) is 18.2 Å². The zero-order chi connectivity index (χ0) is 11.6. The van der Waals surface area contributed by atoms with E-state index in [1.54, 1.807) is 6.92 Å². The number of nitriles is 3. The highest BCUT2D eigenvalue weighted by atomic mass is 79.9. The first-order valence-electron chi connectivity index (χ1n) is 3.80. The topological polar surface area (TPSA) is 71.4 Å². The molecule has 0 bridgehead atoms. The molecular formula is C10H3Br2N3. The second-order valence-corrected chi connectivity index (χ2v) is 4.30. The molecule has 15 heavy (non-hydrogen) atoms. The molecule has 0 N–H and O–H groups in total. The van der Waals surface area contributed by atoms with Gasteiger partial charge in [0.25, 0.3) is 0 Å². The lowest BCUT2D eigenvalue weighted by Crippen LogP contribution is -1.96. The minimum atomic E-state index is 0.272. The Balaban J connectivity index is 3.88. The molecule has 0 aliphatic rings. The Morgan fingerprint density at radius 2 is 1.13 bits per heavy atom. The maximum absolute atomic E-state index is 8.92. The number of nitrogens with zero attached hydrogens (tertiary/aromatic N) is 3. The first kappa shape index (κ1) is 11.7. The lowest BCUT2D eigenvalue weighted by Gasteiger charge is -2.07. The summed E-state index contributed by atoms with van der Waals surface area (Å²) in [6.45, 7) is 1.67. The summed E-state index contributed by atoms with van der Waals surface area (Å²) in [6.07, 6.45) is 0. The number of halogens is 2. The molecule has 5 heteroatoms. The second-order valence-electron chi connectivity index (χ2n) is 2.71. The zero-order valence-electron chi connectivity index (χ0n) is 7.60. The molecule has 3 nitrogen and oxygen atoms in total. The summed E-state index contributed by atoms with van der Waals surface area (Å²) in [5.74, 6) is 0. The van der Waals surface area contributed by atoms with Crippen molar-refractivity contribution in [1.29, 1.82) is 15.8 Å². The first-order valence-corrected chi connectivity index (χ1v) is 5.38. The Hall–Kier alpha value is -1.35. The van der Waals surface area contributed by atoms with Gasteiger partial charge in [-0.25, -0.2) is 0 Å². The van der Waals surface area contributed by atoms with Crippen LogP contribution in [-0.4, -0.2) is 0 Å². The lowest BCUT2D eigenvalue weighted by atomic mass is 10.0. The van der Waals surface area contributed by atoms with Crippen molar-refractivity contribution in [2.45, 2.75) is 6.92 Å². The SMILES string of the molecule is Cc1c(C#N)c(Br)c(C#N)c(Br)c1C#N. The molecular weight excluding hydrogens is 322 g/mol. The smallest absolute Gasteiger partial charge is 0.102 e. The average Bonchev–Trinajstić information content (AvgIpc) is 2.19. The number of hydrogen-bond donors (Lipinski definition) is 0. The summed E-state index contributed by atoms with van der Waals surface area (Å²) in [5.41, 5.74) is 1.49. The Morgan fingerprint density at radius 3 is 1.40 bits per heavy atom. The second kappa shape index (κ2) is 4.45. The number of benzene rings is 1. The van der Waals surface area contributed by atoms with Crippen LogP contribution in [0.3, 0.4) is 0 Å². The van der Waals surface area contributed by atoms with E-state index in [2.05, 4.69) is 31.9 Å². The van der Waals surface area contributed by atoms with Crippen LogP contribution in [0, 0.1) is 40.9 Å². The monoisotopic (exact) mass is 323 g/mol. The highest BCUT2D eigenvalue weighted by molar-refractivity contribution is 9.11. The van der Waals surface area contributed by atoms with Crippen LogP contribution in [0.25, 0.3) is 0 Å². The van der Waals surface area contributed by atoms with Crippen LogP contribution >= 0.6 is 31.9 Å². The van der Waals surface area contributed by atoms with Crippen molar-refractivity contribution in [3.05, 3.63) is 31.2 Å². The molecule has 0 amide bonds. The van der Waals surface area contributed by atoms with E-state index in [0.29, 0.717) is 25.6 Å². The maximum atomic E-state index is 8.92. The predicted octanol–water partition coefficient (Wildman–Crippen LogP) is 3.14. The summed E-state index contributed by atoms with van der Waals surface area (Å²) in [5, 5.41) is 26.7. The van der Waals surface area contributed by atoms with Crippen LogP contribution in [0.5, 0.6) is 0 Å². The minimum absolute atomic E-state index is 0.272. The van der Waals surface area contributed by atoms with Gasteiger partial charge in [0.15, 0.2) is 0 Å². The maximum Gasteiger partial charge on any atom is 0.102 e. The van der Waals surface area contributed by atoms with E-state index in [-0.39, 0.29) is 5.56 Å². The molecule has 0 aliphatic carbocycles. The van der Waals surface area contributed by atoms with E-state index in [1.165, 1.54) is 0 Å². The zero-order valence-corrected chi connectivity index (χ0v) is 10.8. The van der Waals surface area contributed by atoms with Gasteiger partial charge in [0, 0.05) is 0 Å². The molecule has 1 rings (SSSR count). The summed E-state index contributed by atoms with van der Waals surface area (Å²) in [4.78, 5) is 0. The highest BCUT2D eigenvalue weighted by Crippen LogP contribution is 2.34. The molecule has 0 aromatic heterocycles. The number of rotatable bonds is 0. The van der Waals surface area contributed by atoms with E-state index in [4.69, 9.17) is 15.8 Å². The van der Waals surface area contributed by atoms with Gasteiger partial charge in [0.05, 0.1) is 25.6 Å². The van der Waals surface area contributed by atoms with E-state index < -0.39 is 0 Å². The minimum Gasteiger partial charge on any atom is -0.192 e. The molecule has 0 atom stereocenters. The van der Waals surface area contributed by atoms with Crippen LogP contribution in [0.2, 0.25) is 0 Å². The molecule has 0 heterocycles. The molecule has 1 aromatic carbocycles. The van der Waals surface area contributed by atoms with Crippen LogP contribution in [0.15, 0.2) is 8.95 Å². The van der Waals surface area contributed by atoms with Gasteiger partial charge in [-0.3, -0.25) is 0 Å². The first-order chi connectivity index (χ1) is 7.08. The van der Waals surface area contributed by atoms with Crippen molar-refractivity contribution in [1.82, 2.24) is 0 Å². The Bertz CT molecular complexity index is 454. The molecule has 72 valence electrons. The Morgan fingerprint density at radius 1 is 0.800 bits per heavy atom. The summed E-state index contributed by atoms with van der Waals surface area (Å²) in [6, 6.07) is 5.88. The summed E-state index contributed by atoms with van der Waals surface area (Å²) >= 11 is 6.36. The molecule has 0 unspecified atom stereocenters. The van der Waals surface area contributed by atoms with Crippen LogP contribution in [-0.2, 0) is 0 Å². The third-order valence-electron chi connectivity index (χ3n) is 1.96. The van der Waals surface area contributed by atoms with Gasteiger partial charge in [-0.1, -0.05) is 0 Å². The van der Waals surface area contributed by atoms with Crippen molar-refractivity contribution in [2.75, 3.05) is 0 Å². The normalized spacial score (nSPS) is 8.80. The third kappa shape index (κ3) is 1.75. The molecule has 0 saturated carbocycles. The van der Waals surface area contributed by atoms with Gasteiger partial charge in [-0.15, -0.1) is 0 Å². The summed E-state index contributed by atoms with van der Waals surface area (Å²) < 4.78 is 0.853. The lowest BCUT2D eigenvalue weighted by molar-refractivity contribution is 1.29. The Labute approximate surface area is 104 Å². The summed E-state index contributed by atoms with van der Waals surface area (Å²) in [7, 11) is 0. The predicted molar refractivity (Wildman–Crippen MR) is 60.7 cm³/mol. The van der Waals surface area contributed by atoms with Crippen molar-refractivity contribution < 1.29 is 0 Å². The van der Waals surface area contributed by atoms with E-state index >= 15 is 0 Å². The van der Waals surface area contributed by atoms with Crippen molar-refractivity contribution in [3.63, 3.8) is 0 Å². The number of hydrogen-bond acceptors (Lipinski definition) is 3. The van der Waals surface area contributed by atoms with Gasteiger partial charge in [-0.2, -0.15) is 15.8 Å². The molecule has 0 saturated heterocycles. The fourth-order valence-corrected chi connectivity index (χ4v) is 2.78. The van der Waals surface area contributed by atoms with Gasteiger partial charge >= 0.3 is 0 Å². The molecule has 0 spiro atoms. The van der Waals surface area contributed by atoms with Crippen molar-refractivity contribution in [2.24, 2.45) is 0 Å². The average molecular weight is 325 g/mol. The van der Waals surface area contributed by atoms with Crippen LogP contribution in [0.1, 0.15) is 22.3 Å². The quantitative estimate of drug-likeness (QED) is 0.736. The molecule has 0 radical (unpaired) electrons. The third-order valence-corrected chi connectivity index (χ3v) is 3.55. The largest absolute Gasteiger partial charge is 0.192 e. The fraction of sp³-hybridized carbons (Fsp3) is 0.100. The van der Waals surface area contributed by atoms with E-state index in [9.17, 15) is 0 Å². The van der Waals surface area contributed by atoms with E-state index in [0.717, 1.165) is 0 Å². The van der Waals surface area contributed by atoms with Crippen LogP contribution in [0.4, 0.5) is 0 Å². The van der Waals surface area contributed by atoms with Gasteiger partial charge in [0.2, 0.25) is 0 Å². The van der Waals surface area contributed by atoms with Crippen molar-refractivity contribution >= 4 is 31.9 Å². The van der Waals surface area contributed by atoms with Crippen molar-refractivity contribution in [3.8, 4) is 18.2 Å². The van der Waals surface area contributed by atoms with Gasteiger partial charge in [-0.05, 0) is 44.3 Å². The fourth-order valence-electron chi connectivity index (χ4n) is 1.16. The Kier molecular flexibility index (Phi) is 3.48.